The first-order chi connectivity index (χ1) is 15.4. The lowest BCUT2D eigenvalue weighted by Crippen LogP contribution is -2.54. The van der Waals surface area contributed by atoms with Gasteiger partial charge in [0.25, 0.3) is 11.8 Å². The minimum Gasteiger partial charge on any atom is -0.496 e. The van der Waals surface area contributed by atoms with E-state index in [1.54, 1.807) is 18.2 Å². The summed E-state index contributed by atoms with van der Waals surface area (Å²) < 4.78 is 10.9. The van der Waals surface area contributed by atoms with Crippen molar-refractivity contribution in [3.63, 3.8) is 0 Å². The van der Waals surface area contributed by atoms with Gasteiger partial charge in [0.05, 0.1) is 26.0 Å². The molecule has 2 saturated heterocycles. The topological polar surface area (TPSA) is 88.2 Å². The number of amides is 4. The summed E-state index contributed by atoms with van der Waals surface area (Å²) in [4.78, 5) is 41.1. The zero-order valence-corrected chi connectivity index (χ0v) is 18.4. The number of nitrogens with zero attached hydrogens (tertiary/aromatic N) is 2. The summed E-state index contributed by atoms with van der Waals surface area (Å²) >= 11 is 6.16. The van der Waals surface area contributed by atoms with Gasteiger partial charge in [-0.1, -0.05) is 17.7 Å². The molecule has 1 N–H and O–H groups in total. The molecule has 4 rings (SSSR count). The number of benzene rings is 2. The molecule has 2 aliphatic rings. The number of nitrogens with one attached hydrogen (secondary N) is 1. The van der Waals surface area contributed by atoms with E-state index in [1.165, 1.54) is 19.3 Å². The van der Waals surface area contributed by atoms with Crippen LogP contribution in [0.5, 0.6) is 5.75 Å². The van der Waals surface area contributed by atoms with Crippen LogP contribution >= 0.6 is 11.6 Å². The molecule has 0 atom stereocenters. The number of morpholine rings is 1. The minimum absolute atomic E-state index is 0.182. The third kappa shape index (κ3) is 4.19. The number of hydrogen-bond acceptors (Lipinski definition) is 6. The zero-order valence-electron chi connectivity index (χ0n) is 17.7. The minimum atomic E-state index is -0.827. The third-order valence-corrected chi connectivity index (χ3v) is 5.82. The number of barbiturate groups is 1. The van der Waals surface area contributed by atoms with Crippen LogP contribution in [0.15, 0.2) is 42.0 Å². The molecule has 2 aromatic rings. The van der Waals surface area contributed by atoms with Crippen LogP contribution in [-0.2, 0) is 14.3 Å². The Morgan fingerprint density at radius 3 is 2.47 bits per heavy atom. The normalized spacial score (nSPS) is 18.2. The fourth-order valence-corrected chi connectivity index (χ4v) is 3.78. The van der Waals surface area contributed by atoms with E-state index >= 15 is 0 Å². The van der Waals surface area contributed by atoms with Gasteiger partial charge in [-0.2, -0.15) is 0 Å². The molecule has 0 saturated carbocycles. The summed E-state index contributed by atoms with van der Waals surface area (Å²) in [7, 11) is 1.52. The summed E-state index contributed by atoms with van der Waals surface area (Å²) in [6, 6.07) is 9.52. The van der Waals surface area contributed by atoms with Crippen molar-refractivity contribution in [2.24, 2.45) is 0 Å². The Hall–Kier alpha value is -3.36. The average Bonchev–Trinajstić information content (AvgIpc) is 2.79. The molecule has 9 heteroatoms. The largest absolute Gasteiger partial charge is 0.496 e. The molecule has 0 bridgehead atoms. The Balaban J connectivity index is 1.68. The van der Waals surface area contributed by atoms with Gasteiger partial charge in [-0.3, -0.25) is 14.9 Å². The predicted molar refractivity (Wildman–Crippen MR) is 121 cm³/mol. The monoisotopic (exact) mass is 455 g/mol. The highest BCUT2D eigenvalue weighted by molar-refractivity contribution is 6.39. The predicted octanol–water partition coefficient (Wildman–Crippen LogP) is 3.16. The van der Waals surface area contributed by atoms with E-state index in [9.17, 15) is 14.4 Å². The quantitative estimate of drug-likeness (QED) is 0.562. The van der Waals surface area contributed by atoms with E-state index in [4.69, 9.17) is 21.1 Å². The highest BCUT2D eigenvalue weighted by Crippen LogP contribution is 2.30. The number of carbonyl (C=O) groups excluding carboxylic acids is 3. The maximum Gasteiger partial charge on any atom is 0.335 e. The smallest absolute Gasteiger partial charge is 0.335 e. The number of imide groups is 2. The lowest BCUT2D eigenvalue weighted by Gasteiger charge is -2.29. The number of ether oxygens (including phenoxy) is 2. The van der Waals surface area contributed by atoms with Crippen molar-refractivity contribution in [2.75, 3.05) is 43.2 Å². The van der Waals surface area contributed by atoms with Crippen molar-refractivity contribution < 1.29 is 23.9 Å². The standard InChI is InChI=1S/C23H22ClN3O5/c1-14-3-5-17(12-19(14)24)27-22(29)18(21(28)25-23(27)30)11-15-4-6-16(13-20(15)31-2)26-7-9-32-10-8-26/h3-6,11-13H,7-10H2,1-2H3,(H,25,28,30)/b18-11+. The maximum atomic E-state index is 13.1. The van der Waals surface area contributed by atoms with E-state index < -0.39 is 17.8 Å². The van der Waals surface area contributed by atoms with Crippen LogP contribution in [0.4, 0.5) is 16.2 Å². The van der Waals surface area contributed by atoms with Gasteiger partial charge in [0, 0.05) is 35.4 Å². The lowest BCUT2D eigenvalue weighted by molar-refractivity contribution is -0.122. The summed E-state index contributed by atoms with van der Waals surface area (Å²) in [5, 5.41) is 2.62. The highest BCUT2D eigenvalue weighted by atomic mass is 35.5. The van der Waals surface area contributed by atoms with E-state index in [0.29, 0.717) is 29.5 Å². The average molecular weight is 456 g/mol. The molecule has 4 amide bonds. The van der Waals surface area contributed by atoms with Crippen LogP contribution in [-0.4, -0.2) is 51.3 Å². The van der Waals surface area contributed by atoms with Gasteiger partial charge in [0.1, 0.15) is 11.3 Å². The Labute approximate surface area is 190 Å². The number of rotatable bonds is 4. The fourth-order valence-electron chi connectivity index (χ4n) is 3.61. The van der Waals surface area contributed by atoms with Crippen molar-refractivity contribution in [3.05, 3.63) is 58.1 Å². The molecule has 0 spiro atoms. The Kier molecular flexibility index (Phi) is 6.16. The third-order valence-electron chi connectivity index (χ3n) is 5.41. The molecule has 0 aliphatic carbocycles. The van der Waals surface area contributed by atoms with Gasteiger partial charge in [0.2, 0.25) is 0 Å². The number of urea groups is 1. The molecule has 2 heterocycles. The first-order valence-electron chi connectivity index (χ1n) is 10.1. The summed E-state index contributed by atoms with van der Waals surface area (Å²) in [5.41, 5.74) is 2.39. The van der Waals surface area contributed by atoms with E-state index in [1.807, 2.05) is 19.1 Å². The van der Waals surface area contributed by atoms with Crippen molar-refractivity contribution >= 4 is 46.9 Å². The van der Waals surface area contributed by atoms with Crippen molar-refractivity contribution in [2.45, 2.75) is 6.92 Å². The second-order valence-corrected chi connectivity index (χ2v) is 7.82. The van der Waals surface area contributed by atoms with Crippen LogP contribution in [0.2, 0.25) is 5.02 Å². The van der Waals surface area contributed by atoms with E-state index in [-0.39, 0.29) is 11.3 Å². The molecule has 0 aromatic heterocycles. The van der Waals surface area contributed by atoms with Crippen LogP contribution in [0.1, 0.15) is 11.1 Å². The molecule has 32 heavy (non-hydrogen) atoms. The number of halogens is 1. The summed E-state index contributed by atoms with van der Waals surface area (Å²) in [6.45, 7) is 4.64. The van der Waals surface area contributed by atoms with Crippen molar-refractivity contribution in [3.8, 4) is 5.75 Å². The summed E-state index contributed by atoms with van der Waals surface area (Å²) in [6.07, 6.45) is 1.43. The maximum absolute atomic E-state index is 13.1. The van der Waals surface area contributed by atoms with Gasteiger partial charge in [0.15, 0.2) is 0 Å². The second kappa shape index (κ2) is 9.02. The molecule has 8 nitrogen and oxygen atoms in total. The number of carbonyl (C=O) groups is 3. The second-order valence-electron chi connectivity index (χ2n) is 7.42. The van der Waals surface area contributed by atoms with Crippen LogP contribution < -0.4 is 19.9 Å². The first-order valence-corrected chi connectivity index (χ1v) is 10.4. The fraction of sp³-hybridized carbons (Fsp3) is 0.261. The Morgan fingerprint density at radius 2 is 1.78 bits per heavy atom. The molecule has 2 aromatic carbocycles. The number of methoxy groups -OCH3 is 1. The van der Waals surface area contributed by atoms with Gasteiger partial charge in [-0.15, -0.1) is 0 Å². The van der Waals surface area contributed by atoms with Gasteiger partial charge in [-0.25, -0.2) is 9.69 Å². The summed E-state index contributed by atoms with van der Waals surface area (Å²) in [5.74, 6) is -1.00. The van der Waals surface area contributed by atoms with Gasteiger partial charge in [-0.05, 0) is 42.8 Å². The van der Waals surface area contributed by atoms with Crippen LogP contribution in [0, 0.1) is 6.92 Å². The molecule has 166 valence electrons. The number of hydrogen-bond donors (Lipinski definition) is 1. The van der Waals surface area contributed by atoms with Gasteiger partial charge < -0.3 is 14.4 Å². The van der Waals surface area contributed by atoms with Crippen molar-refractivity contribution in [1.82, 2.24) is 5.32 Å². The molecular formula is C23H22ClN3O5. The molecule has 0 radical (unpaired) electrons. The Morgan fingerprint density at radius 1 is 1.06 bits per heavy atom. The van der Waals surface area contributed by atoms with Crippen LogP contribution in [0.3, 0.4) is 0 Å². The SMILES string of the molecule is COc1cc(N2CCOCC2)ccc1/C=C1\C(=O)NC(=O)N(c2ccc(C)c(Cl)c2)C1=O. The van der Waals surface area contributed by atoms with E-state index in [0.717, 1.165) is 29.2 Å². The number of anilines is 2. The van der Waals surface area contributed by atoms with Crippen molar-refractivity contribution in [1.29, 1.82) is 0 Å². The first kappa shape index (κ1) is 21.9. The zero-order chi connectivity index (χ0) is 22.8. The highest BCUT2D eigenvalue weighted by Gasteiger charge is 2.37. The number of aryl methyl sites for hydroxylation is 1. The lowest BCUT2D eigenvalue weighted by atomic mass is 10.0. The van der Waals surface area contributed by atoms with E-state index in [2.05, 4.69) is 10.2 Å². The molecule has 2 aliphatic heterocycles. The molecule has 0 unspecified atom stereocenters. The molecule has 2 fully saturated rings. The van der Waals surface area contributed by atoms with Crippen LogP contribution in [0.25, 0.3) is 6.08 Å². The molecular weight excluding hydrogens is 434 g/mol. The Bertz CT molecular complexity index is 1120. The van der Waals surface area contributed by atoms with Gasteiger partial charge >= 0.3 is 6.03 Å².